The Labute approximate surface area is 158 Å². The van der Waals surface area contributed by atoms with Crippen LogP contribution in [0.25, 0.3) is 0 Å². The van der Waals surface area contributed by atoms with Crippen LogP contribution in [-0.2, 0) is 11.2 Å². The van der Waals surface area contributed by atoms with Crippen LogP contribution in [0, 0.1) is 0 Å². The molecule has 0 heterocycles. The highest BCUT2D eigenvalue weighted by Crippen LogP contribution is 2.21. The number of thiocarbonyl (C=S) groups is 1. The average molecular weight is 377 g/mol. The zero-order chi connectivity index (χ0) is 18.2. The van der Waals surface area contributed by atoms with Gasteiger partial charge in [0, 0.05) is 11.7 Å². The van der Waals surface area contributed by atoms with Crippen molar-refractivity contribution in [2.24, 2.45) is 0 Å². The predicted molar refractivity (Wildman–Crippen MR) is 106 cm³/mol. The van der Waals surface area contributed by atoms with E-state index in [9.17, 15) is 4.79 Å². The van der Waals surface area contributed by atoms with Crippen LogP contribution in [0.4, 0.5) is 5.69 Å². The molecule has 0 radical (unpaired) electrons. The number of rotatable bonds is 6. The lowest BCUT2D eigenvalue weighted by atomic mass is 10.1. The molecular weight excluding hydrogens is 356 g/mol. The first kappa shape index (κ1) is 19.2. The molecule has 0 bridgehead atoms. The summed E-state index contributed by atoms with van der Waals surface area (Å²) in [4.78, 5) is 11.7. The van der Waals surface area contributed by atoms with Crippen LogP contribution in [0.15, 0.2) is 48.5 Å². The fourth-order valence-corrected chi connectivity index (χ4v) is 2.87. The van der Waals surface area contributed by atoms with Crippen LogP contribution in [0.1, 0.15) is 29.3 Å². The second-order valence-corrected chi connectivity index (χ2v) is 6.53. The molecule has 1 atom stereocenters. The minimum atomic E-state index is -0.483. The van der Waals surface area contributed by atoms with Crippen molar-refractivity contribution >= 4 is 40.6 Å². The van der Waals surface area contributed by atoms with Crippen LogP contribution in [0.3, 0.4) is 0 Å². The molecule has 0 aliphatic heterocycles. The fourth-order valence-electron chi connectivity index (χ4n) is 2.36. The zero-order valence-corrected chi connectivity index (χ0v) is 15.8. The molecule has 2 N–H and O–H groups in total. The molecule has 0 saturated carbocycles. The Hall–Kier alpha value is -2.11. The maximum absolute atomic E-state index is 11.7. The van der Waals surface area contributed by atoms with Gasteiger partial charge in [-0.25, -0.2) is 4.79 Å². The number of anilines is 1. The molecule has 6 heteroatoms. The van der Waals surface area contributed by atoms with Crippen molar-refractivity contribution in [2.75, 3.05) is 12.4 Å². The van der Waals surface area contributed by atoms with Crippen LogP contribution in [-0.4, -0.2) is 24.2 Å². The number of nitrogens with one attached hydrogen (secondary N) is 2. The highest BCUT2D eigenvalue weighted by molar-refractivity contribution is 7.80. The van der Waals surface area contributed by atoms with Gasteiger partial charge in [0.15, 0.2) is 5.11 Å². The Kier molecular flexibility index (Phi) is 7.22. The normalized spacial score (nSPS) is 11.5. The summed E-state index contributed by atoms with van der Waals surface area (Å²) in [6.45, 7) is 2.08. The van der Waals surface area contributed by atoms with Gasteiger partial charge < -0.3 is 15.4 Å². The van der Waals surface area contributed by atoms with Gasteiger partial charge in [-0.1, -0.05) is 41.9 Å². The van der Waals surface area contributed by atoms with Gasteiger partial charge in [0.25, 0.3) is 0 Å². The molecule has 0 aliphatic rings. The molecule has 25 heavy (non-hydrogen) atoms. The minimum absolute atomic E-state index is 0.215. The van der Waals surface area contributed by atoms with Gasteiger partial charge in [-0.15, -0.1) is 0 Å². The summed E-state index contributed by atoms with van der Waals surface area (Å²) in [7, 11) is 1.32. The van der Waals surface area contributed by atoms with E-state index in [1.54, 1.807) is 18.2 Å². The maximum Gasteiger partial charge on any atom is 0.339 e. The molecule has 2 rings (SSSR count). The highest BCUT2D eigenvalue weighted by atomic mass is 35.5. The molecule has 1 unspecified atom stereocenters. The number of methoxy groups -OCH3 is 1. The molecule has 0 aromatic heterocycles. The number of carbonyl (C=O) groups is 1. The van der Waals surface area contributed by atoms with Crippen molar-refractivity contribution < 1.29 is 9.53 Å². The summed E-state index contributed by atoms with van der Waals surface area (Å²) in [6, 6.07) is 15.6. The number of hydrogen-bond acceptors (Lipinski definition) is 3. The van der Waals surface area contributed by atoms with Gasteiger partial charge in [-0.2, -0.15) is 0 Å². The van der Waals surface area contributed by atoms with Crippen LogP contribution in [0.2, 0.25) is 5.02 Å². The maximum atomic E-state index is 11.7. The molecule has 4 nitrogen and oxygen atoms in total. The monoisotopic (exact) mass is 376 g/mol. The number of carbonyl (C=O) groups excluding carboxylic acids is 1. The Morgan fingerprint density at radius 2 is 1.96 bits per heavy atom. The zero-order valence-electron chi connectivity index (χ0n) is 14.2. The number of ether oxygens (including phenoxy) is 1. The lowest BCUT2D eigenvalue weighted by Crippen LogP contribution is -2.36. The van der Waals surface area contributed by atoms with Crippen LogP contribution >= 0.6 is 23.8 Å². The Bertz CT molecular complexity index is 737. The largest absolute Gasteiger partial charge is 0.465 e. The SMILES string of the molecule is COC(=O)c1cc(NC(=S)NC(C)CCc2ccccc2)ccc1Cl. The third-order valence-corrected chi connectivity index (χ3v) is 4.27. The second-order valence-electron chi connectivity index (χ2n) is 5.71. The second kappa shape index (κ2) is 9.39. The van der Waals surface area contributed by atoms with Crippen molar-refractivity contribution in [3.8, 4) is 0 Å². The van der Waals surface area contributed by atoms with E-state index < -0.39 is 5.97 Å². The van der Waals surface area contributed by atoms with Gasteiger partial charge in [0.1, 0.15) is 0 Å². The number of esters is 1. The Morgan fingerprint density at radius 1 is 1.24 bits per heavy atom. The molecule has 0 fully saturated rings. The van der Waals surface area contributed by atoms with E-state index in [-0.39, 0.29) is 6.04 Å². The first-order valence-electron chi connectivity index (χ1n) is 7.99. The molecule has 0 saturated heterocycles. The standard InChI is InChI=1S/C19H21ClN2O2S/c1-13(8-9-14-6-4-3-5-7-14)21-19(25)22-15-10-11-17(20)16(12-15)18(23)24-2/h3-7,10-13H,8-9H2,1-2H3,(H2,21,22,25). The smallest absolute Gasteiger partial charge is 0.339 e. The lowest BCUT2D eigenvalue weighted by Gasteiger charge is -2.17. The average Bonchev–Trinajstić information content (AvgIpc) is 2.61. The number of halogens is 1. The summed E-state index contributed by atoms with van der Waals surface area (Å²) in [6.07, 6.45) is 1.94. The van der Waals surface area contributed by atoms with Gasteiger partial charge in [0.2, 0.25) is 0 Å². The third kappa shape index (κ3) is 6.03. The molecule has 0 spiro atoms. The predicted octanol–water partition coefficient (Wildman–Crippen LogP) is 4.43. The molecular formula is C19H21ClN2O2S. The highest BCUT2D eigenvalue weighted by Gasteiger charge is 2.12. The molecule has 0 aliphatic carbocycles. The van der Waals surface area contributed by atoms with Crippen molar-refractivity contribution in [3.05, 3.63) is 64.7 Å². The lowest BCUT2D eigenvalue weighted by molar-refractivity contribution is 0.0601. The van der Waals surface area contributed by atoms with Gasteiger partial charge in [-0.05, 0) is 55.7 Å². The van der Waals surface area contributed by atoms with Gasteiger partial charge >= 0.3 is 5.97 Å². The summed E-state index contributed by atoms with van der Waals surface area (Å²) < 4.78 is 4.72. The van der Waals surface area contributed by atoms with Crippen LogP contribution in [0.5, 0.6) is 0 Å². The molecule has 2 aromatic carbocycles. The molecule has 132 valence electrons. The Balaban J connectivity index is 1.88. The number of benzene rings is 2. The van der Waals surface area contributed by atoms with Gasteiger partial charge in [-0.3, -0.25) is 0 Å². The van der Waals surface area contributed by atoms with E-state index in [4.69, 9.17) is 28.6 Å². The first-order chi connectivity index (χ1) is 12.0. The summed E-state index contributed by atoms with van der Waals surface area (Å²) in [5.74, 6) is -0.483. The number of hydrogen-bond donors (Lipinski definition) is 2. The summed E-state index contributed by atoms with van der Waals surface area (Å²) in [5.41, 5.74) is 2.28. The van der Waals surface area contributed by atoms with E-state index in [2.05, 4.69) is 29.7 Å². The van der Waals surface area contributed by atoms with E-state index in [0.29, 0.717) is 21.4 Å². The first-order valence-corrected chi connectivity index (χ1v) is 8.77. The molecule has 2 aromatic rings. The van der Waals surface area contributed by atoms with E-state index in [1.165, 1.54) is 12.7 Å². The Morgan fingerprint density at radius 3 is 2.64 bits per heavy atom. The number of aryl methyl sites for hydroxylation is 1. The van der Waals surface area contributed by atoms with E-state index >= 15 is 0 Å². The summed E-state index contributed by atoms with van der Waals surface area (Å²) in [5, 5.41) is 7.16. The third-order valence-electron chi connectivity index (χ3n) is 3.72. The van der Waals surface area contributed by atoms with Crippen LogP contribution < -0.4 is 10.6 Å². The van der Waals surface area contributed by atoms with Crippen molar-refractivity contribution in [2.45, 2.75) is 25.8 Å². The summed E-state index contributed by atoms with van der Waals surface area (Å²) >= 11 is 11.4. The topological polar surface area (TPSA) is 50.4 Å². The molecule has 0 amide bonds. The van der Waals surface area contributed by atoms with Gasteiger partial charge in [0.05, 0.1) is 17.7 Å². The van der Waals surface area contributed by atoms with E-state index in [1.807, 2.05) is 18.2 Å². The van der Waals surface area contributed by atoms with Crippen molar-refractivity contribution in [1.82, 2.24) is 5.32 Å². The fraction of sp³-hybridized carbons (Fsp3) is 0.263. The van der Waals surface area contributed by atoms with E-state index in [0.717, 1.165) is 12.8 Å². The van der Waals surface area contributed by atoms with Crippen molar-refractivity contribution in [1.29, 1.82) is 0 Å². The minimum Gasteiger partial charge on any atom is -0.465 e. The van der Waals surface area contributed by atoms with Crippen molar-refractivity contribution in [3.63, 3.8) is 0 Å². The quantitative estimate of drug-likeness (QED) is 0.576.